The molecule has 2 aromatic rings. The Morgan fingerprint density at radius 3 is 2.65 bits per heavy atom. The van der Waals surface area contributed by atoms with Crippen LogP contribution in [0.2, 0.25) is 0 Å². The molecule has 0 aliphatic heterocycles. The Kier molecular flexibility index (Phi) is 5.20. The smallest absolute Gasteiger partial charge is 0.269 e. The number of carbonyl (C=O) groups is 1. The maximum Gasteiger partial charge on any atom is 0.269 e. The van der Waals surface area contributed by atoms with Gasteiger partial charge in [-0.15, -0.1) is 0 Å². The fourth-order valence-corrected chi connectivity index (χ4v) is 2.51. The van der Waals surface area contributed by atoms with E-state index in [0.717, 1.165) is 23.4 Å². The second-order valence-corrected chi connectivity index (χ2v) is 5.91. The predicted octanol–water partition coefficient (Wildman–Crippen LogP) is 2.26. The largest absolute Gasteiger partial charge is 0.349 e. The van der Waals surface area contributed by atoms with Crippen molar-refractivity contribution in [1.82, 2.24) is 14.8 Å². The highest BCUT2D eigenvalue weighted by Crippen LogP contribution is 2.21. The van der Waals surface area contributed by atoms with E-state index in [1.54, 1.807) is 16.8 Å². The third kappa shape index (κ3) is 3.79. The van der Waals surface area contributed by atoms with Gasteiger partial charge in [0.2, 0.25) is 0 Å². The van der Waals surface area contributed by atoms with Crippen molar-refractivity contribution >= 4 is 5.91 Å². The highest BCUT2D eigenvalue weighted by atomic mass is 16.1. The second kappa shape index (κ2) is 7.12. The Morgan fingerprint density at radius 1 is 1.30 bits per heavy atom. The van der Waals surface area contributed by atoms with E-state index in [1.807, 2.05) is 45.0 Å². The van der Waals surface area contributed by atoms with Crippen molar-refractivity contribution in [2.45, 2.75) is 13.8 Å². The molecule has 0 spiro atoms. The van der Waals surface area contributed by atoms with Crippen molar-refractivity contribution in [2.75, 3.05) is 27.2 Å². The minimum absolute atomic E-state index is 0.228. The molecule has 0 saturated heterocycles. The first-order chi connectivity index (χ1) is 10.9. The van der Waals surface area contributed by atoms with E-state index in [0.29, 0.717) is 17.8 Å². The molecule has 0 radical (unpaired) electrons. The molecule has 1 N–H and O–H groups in total. The fraction of sp³-hybridized carbons (Fsp3) is 0.333. The maximum absolute atomic E-state index is 12.5. The molecular formula is C18H22N4O. The molecular weight excluding hydrogens is 288 g/mol. The first-order valence-corrected chi connectivity index (χ1v) is 7.56. The Morgan fingerprint density at radius 2 is 2.04 bits per heavy atom. The van der Waals surface area contributed by atoms with E-state index in [9.17, 15) is 10.1 Å². The van der Waals surface area contributed by atoms with Crippen LogP contribution in [0.1, 0.15) is 27.2 Å². The van der Waals surface area contributed by atoms with Crippen molar-refractivity contribution in [2.24, 2.45) is 0 Å². The lowest BCUT2D eigenvalue weighted by Gasteiger charge is -2.14. The number of rotatable bonds is 5. The zero-order chi connectivity index (χ0) is 17.0. The van der Waals surface area contributed by atoms with Crippen molar-refractivity contribution < 1.29 is 4.79 Å². The van der Waals surface area contributed by atoms with Gasteiger partial charge in [0.1, 0.15) is 11.8 Å². The minimum Gasteiger partial charge on any atom is -0.349 e. The number of aryl methyl sites for hydroxylation is 2. The number of nitriles is 1. The molecule has 5 nitrogen and oxygen atoms in total. The molecule has 1 aromatic heterocycles. The highest BCUT2D eigenvalue weighted by molar-refractivity contribution is 5.96. The van der Waals surface area contributed by atoms with Gasteiger partial charge in [-0.25, -0.2) is 0 Å². The van der Waals surface area contributed by atoms with Crippen LogP contribution >= 0.6 is 0 Å². The fourth-order valence-electron chi connectivity index (χ4n) is 2.51. The average Bonchev–Trinajstić information content (AvgIpc) is 2.90. The summed E-state index contributed by atoms with van der Waals surface area (Å²) in [4.78, 5) is 14.5. The summed E-state index contributed by atoms with van der Waals surface area (Å²) in [5, 5.41) is 12.2. The molecule has 23 heavy (non-hydrogen) atoms. The summed E-state index contributed by atoms with van der Waals surface area (Å²) in [6, 6.07) is 9.83. The average molecular weight is 310 g/mol. The molecule has 0 saturated carbocycles. The van der Waals surface area contributed by atoms with Crippen LogP contribution in [0, 0.1) is 25.2 Å². The number of aromatic nitrogens is 1. The van der Waals surface area contributed by atoms with E-state index in [2.05, 4.69) is 17.5 Å². The van der Waals surface area contributed by atoms with Gasteiger partial charge in [0.15, 0.2) is 0 Å². The molecule has 0 fully saturated rings. The van der Waals surface area contributed by atoms with E-state index in [-0.39, 0.29) is 5.91 Å². The van der Waals surface area contributed by atoms with Crippen LogP contribution in [-0.4, -0.2) is 42.6 Å². The Hall–Kier alpha value is -2.58. The van der Waals surface area contributed by atoms with E-state index in [4.69, 9.17) is 0 Å². The molecule has 0 aliphatic rings. The molecule has 0 aliphatic carbocycles. The number of nitrogens with one attached hydrogen (secondary N) is 1. The molecule has 1 heterocycles. The number of likely N-dealkylation sites (N-methyl/N-ethyl adjacent to an activating group) is 1. The Balaban J connectivity index is 2.37. The summed E-state index contributed by atoms with van der Waals surface area (Å²) in [6.07, 6.45) is 1.77. The molecule has 1 aromatic carbocycles. The molecule has 1 amide bonds. The first kappa shape index (κ1) is 16.8. The predicted molar refractivity (Wildman–Crippen MR) is 90.8 cm³/mol. The quantitative estimate of drug-likeness (QED) is 0.921. The van der Waals surface area contributed by atoms with E-state index < -0.39 is 0 Å². The number of amides is 1. The number of hydrogen-bond donors (Lipinski definition) is 1. The Labute approximate surface area is 137 Å². The normalized spacial score (nSPS) is 10.6. The van der Waals surface area contributed by atoms with E-state index >= 15 is 0 Å². The summed E-state index contributed by atoms with van der Waals surface area (Å²) in [5.74, 6) is -0.228. The van der Waals surface area contributed by atoms with Gasteiger partial charge >= 0.3 is 0 Å². The second-order valence-electron chi connectivity index (χ2n) is 5.91. The SMILES string of the molecule is Cc1ccc(-n2ccc(C#N)c2C(=O)NCCN(C)C)c(C)c1. The van der Waals surface area contributed by atoms with Crippen molar-refractivity contribution in [3.63, 3.8) is 0 Å². The number of carbonyl (C=O) groups excluding carboxylic acids is 1. The van der Waals surface area contributed by atoms with Crippen molar-refractivity contribution in [3.05, 3.63) is 52.8 Å². The summed E-state index contributed by atoms with van der Waals surface area (Å²) in [5.41, 5.74) is 3.91. The molecule has 0 bridgehead atoms. The first-order valence-electron chi connectivity index (χ1n) is 7.56. The lowest BCUT2D eigenvalue weighted by Crippen LogP contribution is -2.32. The molecule has 5 heteroatoms. The number of nitrogens with zero attached hydrogens (tertiary/aromatic N) is 3. The van der Waals surface area contributed by atoms with Gasteiger partial charge < -0.3 is 14.8 Å². The number of hydrogen-bond acceptors (Lipinski definition) is 3. The van der Waals surface area contributed by atoms with Crippen LogP contribution < -0.4 is 5.32 Å². The standard InChI is InChI=1S/C18H22N4O/c1-13-5-6-16(14(2)11-13)22-9-7-15(12-19)17(22)18(23)20-8-10-21(3)4/h5-7,9,11H,8,10H2,1-4H3,(H,20,23). The summed E-state index contributed by atoms with van der Waals surface area (Å²) in [7, 11) is 3.90. The van der Waals surface area contributed by atoms with Gasteiger partial charge in [0.05, 0.1) is 5.56 Å². The molecule has 0 atom stereocenters. The van der Waals surface area contributed by atoms with Gasteiger partial charge in [-0.2, -0.15) is 5.26 Å². The zero-order valence-electron chi connectivity index (χ0n) is 14.1. The molecule has 2 rings (SSSR count). The molecule has 120 valence electrons. The number of benzene rings is 1. The summed E-state index contributed by atoms with van der Waals surface area (Å²) >= 11 is 0. The van der Waals surface area contributed by atoms with Crippen molar-refractivity contribution in [1.29, 1.82) is 5.26 Å². The van der Waals surface area contributed by atoms with Crippen LogP contribution in [-0.2, 0) is 0 Å². The van der Waals surface area contributed by atoms with E-state index in [1.165, 1.54) is 0 Å². The van der Waals surface area contributed by atoms with Gasteiger partial charge in [-0.05, 0) is 45.6 Å². The van der Waals surface area contributed by atoms with Crippen LogP contribution in [0.4, 0.5) is 0 Å². The monoisotopic (exact) mass is 310 g/mol. The van der Waals surface area contributed by atoms with Crippen LogP contribution in [0.5, 0.6) is 0 Å². The highest BCUT2D eigenvalue weighted by Gasteiger charge is 2.18. The lowest BCUT2D eigenvalue weighted by molar-refractivity contribution is 0.0944. The summed E-state index contributed by atoms with van der Waals surface area (Å²) in [6.45, 7) is 5.32. The third-order valence-electron chi connectivity index (χ3n) is 3.68. The van der Waals surface area contributed by atoms with Gasteiger partial charge in [0.25, 0.3) is 5.91 Å². The van der Waals surface area contributed by atoms with Crippen molar-refractivity contribution in [3.8, 4) is 11.8 Å². The van der Waals surface area contributed by atoms with Crippen LogP contribution in [0.25, 0.3) is 5.69 Å². The zero-order valence-corrected chi connectivity index (χ0v) is 14.1. The van der Waals surface area contributed by atoms with Gasteiger partial charge in [0, 0.05) is 25.0 Å². The molecule has 0 unspecified atom stereocenters. The van der Waals surface area contributed by atoms with Crippen LogP contribution in [0.15, 0.2) is 30.5 Å². The van der Waals surface area contributed by atoms with Gasteiger partial charge in [-0.3, -0.25) is 4.79 Å². The Bertz CT molecular complexity index is 753. The summed E-state index contributed by atoms with van der Waals surface area (Å²) < 4.78 is 1.79. The topological polar surface area (TPSA) is 61.1 Å². The third-order valence-corrected chi connectivity index (χ3v) is 3.68. The maximum atomic E-state index is 12.5. The lowest BCUT2D eigenvalue weighted by atomic mass is 10.1. The van der Waals surface area contributed by atoms with Crippen LogP contribution in [0.3, 0.4) is 0 Å². The van der Waals surface area contributed by atoms with Gasteiger partial charge in [-0.1, -0.05) is 17.7 Å². The minimum atomic E-state index is -0.228.